The molecule has 1 amide bonds. The van der Waals surface area contributed by atoms with E-state index in [4.69, 9.17) is 16.3 Å². The molecule has 42 heavy (non-hydrogen) atoms. The highest BCUT2D eigenvalue weighted by Gasteiger charge is 2.28. The van der Waals surface area contributed by atoms with Crippen molar-refractivity contribution in [1.29, 1.82) is 0 Å². The Morgan fingerprint density at radius 3 is 2.43 bits per heavy atom. The van der Waals surface area contributed by atoms with Gasteiger partial charge in [-0.25, -0.2) is 17.9 Å². The Hall–Kier alpha value is -4.19. The first-order valence-electron chi connectivity index (χ1n) is 13.1. The van der Waals surface area contributed by atoms with E-state index in [9.17, 15) is 23.1 Å². The van der Waals surface area contributed by atoms with Crippen molar-refractivity contribution >= 4 is 39.2 Å². The summed E-state index contributed by atoms with van der Waals surface area (Å²) < 4.78 is 37.3. The molecule has 0 radical (unpaired) electrons. The Bertz CT molecular complexity index is 1780. The highest BCUT2D eigenvalue weighted by atomic mass is 35.5. The van der Waals surface area contributed by atoms with Gasteiger partial charge in [0.25, 0.3) is 5.91 Å². The summed E-state index contributed by atoms with van der Waals surface area (Å²) in [4.78, 5) is 24.7. The van der Waals surface area contributed by atoms with Gasteiger partial charge in [-0.15, -0.1) is 0 Å². The van der Waals surface area contributed by atoms with Gasteiger partial charge in [-0.1, -0.05) is 42.8 Å². The number of hydrogen-bond acceptors (Lipinski definition) is 6. The van der Waals surface area contributed by atoms with Crippen LogP contribution in [0.4, 0.5) is 5.69 Å². The molecule has 12 heteroatoms. The number of aromatic nitrogens is 2. The predicted molar refractivity (Wildman–Crippen MR) is 161 cm³/mol. The minimum absolute atomic E-state index is 0.0361. The molecule has 10 nitrogen and oxygen atoms in total. The summed E-state index contributed by atoms with van der Waals surface area (Å²) in [5, 5.41) is 17.0. The summed E-state index contributed by atoms with van der Waals surface area (Å²) >= 11 is 6.17. The summed E-state index contributed by atoms with van der Waals surface area (Å²) in [6, 6.07) is 15.7. The summed E-state index contributed by atoms with van der Waals surface area (Å²) in [5.74, 6) is -1.84. The molecular formula is C30H31ClN4O6S. The van der Waals surface area contributed by atoms with Gasteiger partial charge in [0.05, 0.1) is 16.3 Å². The normalized spacial score (nSPS) is 12.1. The van der Waals surface area contributed by atoms with Crippen molar-refractivity contribution in [2.75, 3.05) is 5.32 Å². The van der Waals surface area contributed by atoms with Crippen LogP contribution in [0.1, 0.15) is 57.8 Å². The Balaban J connectivity index is 1.85. The van der Waals surface area contributed by atoms with Gasteiger partial charge in [0, 0.05) is 17.3 Å². The van der Waals surface area contributed by atoms with Gasteiger partial charge in [-0.2, -0.15) is 9.78 Å². The van der Waals surface area contributed by atoms with Gasteiger partial charge < -0.3 is 15.2 Å². The van der Waals surface area contributed by atoms with E-state index in [-0.39, 0.29) is 44.1 Å². The maximum absolute atomic E-state index is 13.6. The molecule has 1 aromatic heterocycles. The lowest BCUT2D eigenvalue weighted by Gasteiger charge is -2.18. The average Bonchev–Trinajstić information content (AvgIpc) is 3.26. The molecule has 0 fully saturated rings. The van der Waals surface area contributed by atoms with Crippen LogP contribution >= 0.6 is 11.6 Å². The van der Waals surface area contributed by atoms with Crippen molar-refractivity contribution in [2.24, 2.45) is 0 Å². The number of carboxylic acids is 1. The number of halogens is 1. The van der Waals surface area contributed by atoms with Crippen molar-refractivity contribution in [3.8, 4) is 17.3 Å². The predicted octanol–water partition coefficient (Wildman–Crippen LogP) is 6.27. The van der Waals surface area contributed by atoms with Gasteiger partial charge in [0.2, 0.25) is 15.9 Å². The smallest absolute Gasteiger partial charge is 0.356 e. The van der Waals surface area contributed by atoms with Gasteiger partial charge >= 0.3 is 5.97 Å². The average molecular weight is 611 g/mol. The van der Waals surface area contributed by atoms with Crippen LogP contribution in [0.2, 0.25) is 5.02 Å². The maximum atomic E-state index is 13.6. The standard InChI is InChI=1S/C30H31ClN4O6S/c1-6-18(3)34-42(39,40)26-16-21(32-28(36)22-11-7-8-12-23(22)31)14-15-25(26)41-29-20(5)27(30(37)38)33-35(29)24-13-9-10-17(2)19(24)4/h7-16,18,34H,6H2,1-5H3,(H,32,36)(H,37,38)/t18-/m1/s1. The molecule has 0 spiro atoms. The third kappa shape index (κ3) is 6.33. The Labute approximate surface area is 249 Å². The third-order valence-corrected chi connectivity index (χ3v) is 8.80. The molecule has 3 aromatic carbocycles. The first-order chi connectivity index (χ1) is 19.8. The van der Waals surface area contributed by atoms with Crippen LogP contribution in [0.15, 0.2) is 65.6 Å². The molecule has 1 atom stereocenters. The molecule has 0 saturated heterocycles. The van der Waals surface area contributed by atoms with E-state index in [1.165, 1.54) is 29.8 Å². The molecular weight excluding hydrogens is 580 g/mol. The molecule has 0 aliphatic heterocycles. The number of carbonyl (C=O) groups excluding carboxylic acids is 1. The van der Waals surface area contributed by atoms with Crippen LogP contribution < -0.4 is 14.8 Å². The molecule has 220 valence electrons. The molecule has 0 unspecified atom stereocenters. The number of amides is 1. The number of hydrogen-bond donors (Lipinski definition) is 3. The fraction of sp³-hybridized carbons (Fsp3) is 0.233. The fourth-order valence-corrected chi connectivity index (χ4v) is 5.87. The van der Waals surface area contributed by atoms with Crippen LogP contribution in [0.25, 0.3) is 5.69 Å². The van der Waals surface area contributed by atoms with E-state index in [0.29, 0.717) is 12.1 Å². The lowest BCUT2D eigenvalue weighted by Crippen LogP contribution is -2.32. The van der Waals surface area contributed by atoms with Crippen molar-refractivity contribution < 1.29 is 27.9 Å². The van der Waals surface area contributed by atoms with Gasteiger partial charge in [0.15, 0.2) is 5.69 Å². The number of nitrogens with one attached hydrogen (secondary N) is 2. The van der Waals surface area contributed by atoms with E-state index in [1.807, 2.05) is 26.8 Å². The first kappa shape index (κ1) is 30.8. The zero-order valence-electron chi connectivity index (χ0n) is 23.7. The molecule has 0 saturated carbocycles. The van der Waals surface area contributed by atoms with Crippen molar-refractivity contribution in [3.63, 3.8) is 0 Å². The van der Waals surface area contributed by atoms with Crippen LogP contribution in [0.3, 0.4) is 0 Å². The number of anilines is 1. The second kappa shape index (κ2) is 12.4. The maximum Gasteiger partial charge on any atom is 0.356 e. The molecule has 0 aliphatic rings. The number of carbonyl (C=O) groups is 2. The quantitative estimate of drug-likeness (QED) is 0.192. The fourth-order valence-electron chi connectivity index (χ4n) is 4.17. The monoisotopic (exact) mass is 610 g/mol. The van der Waals surface area contributed by atoms with E-state index >= 15 is 0 Å². The minimum atomic E-state index is -4.17. The van der Waals surface area contributed by atoms with Gasteiger partial charge in [-0.3, -0.25) is 4.79 Å². The number of aryl methyl sites for hydroxylation is 1. The zero-order valence-corrected chi connectivity index (χ0v) is 25.3. The number of sulfonamides is 1. The number of carboxylic acid groups (broad SMARTS) is 1. The van der Waals surface area contributed by atoms with E-state index in [0.717, 1.165) is 11.1 Å². The van der Waals surface area contributed by atoms with Crippen LogP contribution in [0, 0.1) is 20.8 Å². The summed E-state index contributed by atoms with van der Waals surface area (Å²) in [7, 11) is -4.17. The number of benzene rings is 3. The van der Waals surface area contributed by atoms with Crippen LogP contribution in [0.5, 0.6) is 11.6 Å². The summed E-state index contributed by atoms with van der Waals surface area (Å²) in [6.45, 7) is 8.88. The highest BCUT2D eigenvalue weighted by Crippen LogP contribution is 2.36. The van der Waals surface area contributed by atoms with Gasteiger partial charge in [0.1, 0.15) is 10.6 Å². The second-order valence-corrected chi connectivity index (χ2v) is 11.9. The lowest BCUT2D eigenvalue weighted by atomic mass is 10.1. The molecule has 4 rings (SSSR count). The largest absolute Gasteiger partial charge is 0.476 e. The molecule has 4 aromatic rings. The second-order valence-electron chi connectivity index (χ2n) is 9.84. The number of rotatable bonds is 10. The summed E-state index contributed by atoms with van der Waals surface area (Å²) in [5.41, 5.74) is 2.73. The number of aromatic carboxylic acids is 1. The van der Waals surface area contributed by atoms with Crippen LogP contribution in [-0.2, 0) is 10.0 Å². The Kier molecular flexibility index (Phi) is 9.05. The van der Waals surface area contributed by atoms with E-state index in [1.54, 1.807) is 43.3 Å². The van der Waals surface area contributed by atoms with Crippen LogP contribution in [-0.4, -0.2) is 41.2 Å². The summed E-state index contributed by atoms with van der Waals surface area (Å²) in [6.07, 6.45) is 0.527. The van der Waals surface area contributed by atoms with Crippen molar-refractivity contribution in [1.82, 2.24) is 14.5 Å². The third-order valence-electron chi connectivity index (χ3n) is 6.86. The lowest BCUT2D eigenvalue weighted by molar-refractivity contribution is 0.0689. The molecule has 1 heterocycles. The van der Waals surface area contributed by atoms with Crippen molar-refractivity contribution in [2.45, 2.75) is 52.0 Å². The topological polar surface area (TPSA) is 140 Å². The molecule has 0 aliphatic carbocycles. The Morgan fingerprint density at radius 2 is 1.76 bits per heavy atom. The molecule has 3 N–H and O–H groups in total. The minimum Gasteiger partial charge on any atom is -0.476 e. The Morgan fingerprint density at radius 1 is 1.05 bits per heavy atom. The van der Waals surface area contributed by atoms with E-state index < -0.39 is 27.9 Å². The number of nitrogens with zero attached hydrogens (tertiary/aromatic N) is 2. The molecule has 0 bridgehead atoms. The first-order valence-corrected chi connectivity index (χ1v) is 15.0. The van der Waals surface area contributed by atoms with E-state index in [2.05, 4.69) is 15.1 Å². The van der Waals surface area contributed by atoms with Crippen molar-refractivity contribution in [3.05, 3.63) is 93.6 Å². The highest BCUT2D eigenvalue weighted by molar-refractivity contribution is 7.89. The van der Waals surface area contributed by atoms with Gasteiger partial charge in [-0.05, 0) is 81.6 Å². The zero-order chi connectivity index (χ0) is 30.8. The number of ether oxygens (including phenoxy) is 1. The SMILES string of the molecule is CC[C@@H](C)NS(=O)(=O)c1cc(NC(=O)c2ccccc2Cl)ccc1Oc1c(C)c(C(=O)O)nn1-c1cccc(C)c1C.